The standard InChI is InChI=1S/C20H19N3O3S/c1-13(21-2)26-15-10-11-17-18(12-15)22-23-20(17)27(24,25)19-9-5-7-14-6-3-4-8-16(14)19/h3-13,21H,1-2H3,(H,22,23). The van der Waals surface area contributed by atoms with Gasteiger partial charge in [-0.3, -0.25) is 10.4 Å². The Morgan fingerprint density at radius 1 is 1.04 bits per heavy atom. The monoisotopic (exact) mass is 381 g/mol. The van der Waals surface area contributed by atoms with E-state index in [0.717, 1.165) is 5.39 Å². The highest BCUT2D eigenvalue weighted by Crippen LogP contribution is 2.32. The van der Waals surface area contributed by atoms with Crippen LogP contribution < -0.4 is 10.1 Å². The second-order valence-corrected chi connectivity index (χ2v) is 8.12. The molecule has 1 unspecified atom stereocenters. The van der Waals surface area contributed by atoms with Gasteiger partial charge in [0.1, 0.15) is 12.0 Å². The summed E-state index contributed by atoms with van der Waals surface area (Å²) in [5.74, 6) is 0.616. The number of nitrogens with one attached hydrogen (secondary N) is 2. The molecule has 3 aromatic carbocycles. The lowest BCUT2D eigenvalue weighted by atomic mass is 10.1. The first-order valence-corrected chi connectivity index (χ1v) is 10.0. The Kier molecular flexibility index (Phi) is 4.33. The van der Waals surface area contributed by atoms with Gasteiger partial charge in [0.05, 0.1) is 10.4 Å². The molecular formula is C20H19N3O3S. The summed E-state index contributed by atoms with van der Waals surface area (Å²) in [7, 11) is -1.96. The maximum absolute atomic E-state index is 13.3. The Bertz CT molecular complexity index is 1230. The molecule has 7 heteroatoms. The zero-order chi connectivity index (χ0) is 19.0. The van der Waals surface area contributed by atoms with Crippen LogP contribution >= 0.6 is 0 Å². The van der Waals surface area contributed by atoms with Crippen molar-refractivity contribution in [1.82, 2.24) is 15.5 Å². The minimum absolute atomic E-state index is 0.0852. The molecule has 6 nitrogen and oxygen atoms in total. The van der Waals surface area contributed by atoms with Crippen molar-refractivity contribution in [3.8, 4) is 5.75 Å². The first-order chi connectivity index (χ1) is 13.0. The van der Waals surface area contributed by atoms with Crippen molar-refractivity contribution in [2.75, 3.05) is 7.05 Å². The van der Waals surface area contributed by atoms with Crippen LogP contribution in [0.15, 0.2) is 70.6 Å². The van der Waals surface area contributed by atoms with Crippen LogP contribution in [-0.2, 0) is 9.84 Å². The Morgan fingerprint density at radius 2 is 1.81 bits per heavy atom. The molecule has 0 amide bonds. The molecule has 0 radical (unpaired) electrons. The average molecular weight is 381 g/mol. The molecule has 0 aliphatic carbocycles. The summed E-state index contributed by atoms with van der Waals surface area (Å²) in [5.41, 5.74) is 0.537. The van der Waals surface area contributed by atoms with Gasteiger partial charge in [-0.1, -0.05) is 36.4 Å². The zero-order valence-electron chi connectivity index (χ0n) is 14.9. The largest absolute Gasteiger partial charge is 0.476 e. The predicted molar refractivity (Wildman–Crippen MR) is 105 cm³/mol. The SMILES string of the molecule is CNC(C)Oc1ccc2c(S(=O)(=O)c3cccc4ccccc34)[nH]nc2c1. The van der Waals surface area contributed by atoms with Gasteiger partial charge in [-0.05, 0) is 37.6 Å². The Balaban J connectivity index is 1.83. The van der Waals surface area contributed by atoms with E-state index >= 15 is 0 Å². The minimum Gasteiger partial charge on any atom is -0.476 e. The molecule has 0 spiro atoms. The third-order valence-corrected chi connectivity index (χ3v) is 6.30. The van der Waals surface area contributed by atoms with E-state index in [0.29, 0.717) is 22.0 Å². The predicted octanol–water partition coefficient (Wildman–Crippen LogP) is 3.49. The van der Waals surface area contributed by atoms with E-state index < -0.39 is 9.84 Å². The summed E-state index contributed by atoms with van der Waals surface area (Å²) >= 11 is 0. The highest BCUT2D eigenvalue weighted by molar-refractivity contribution is 7.91. The van der Waals surface area contributed by atoms with Crippen molar-refractivity contribution in [3.63, 3.8) is 0 Å². The summed E-state index contributed by atoms with van der Waals surface area (Å²) in [4.78, 5) is 0.260. The average Bonchev–Trinajstić information content (AvgIpc) is 3.11. The van der Waals surface area contributed by atoms with Gasteiger partial charge in [-0.15, -0.1) is 0 Å². The van der Waals surface area contributed by atoms with Gasteiger partial charge >= 0.3 is 0 Å². The summed E-state index contributed by atoms with van der Waals surface area (Å²) < 4.78 is 32.3. The molecule has 138 valence electrons. The lowest BCUT2D eigenvalue weighted by Crippen LogP contribution is -2.27. The van der Waals surface area contributed by atoms with E-state index in [1.165, 1.54) is 0 Å². The Labute approximate surface area is 157 Å². The van der Waals surface area contributed by atoms with Gasteiger partial charge in [0, 0.05) is 16.8 Å². The van der Waals surface area contributed by atoms with Crippen LogP contribution in [0.3, 0.4) is 0 Å². The molecular weight excluding hydrogens is 362 g/mol. The lowest BCUT2D eigenvalue weighted by Gasteiger charge is -2.13. The van der Waals surface area contributed by atoms with Gasteiger partial charge < -0.3 is 4.74 Å². The summed E-state index contributed by atoms with van der Waals surface area (Å²) in [6, 6.07) is 17.9. The molecule has 1 heterocycles. The van der Waals surface area contributed by atoms with Crippen molar-refractivity contribution in [1.29, 1.82) is 0 Å². The van der Waals surface area contributed by atoms with E-state index in [-0.39, 0.29) is 16.1 Å². The molecule has 0 fully saturated rings. The second kappa shape index (κ2) is 6.68. The fourth-order valence-corrected chi connectivity index (χ4v) is 4.63. The van der Waals surface area contributed by atoms with Gasteiger partial charge in [-0.25, -0.2) is 8.42 Å². The van der Waals surface area contributed by atoms with Gasteiger partial charge in [0.2, 0.25) is 9.84 Å². The van der Waals surface area contributed by atoms with Crippen molar-refractivity contribution in [2.24, 2.45) is 0 Å². The second-order valence-electron chi connectivity index (χ2n) is 6.26. The zero-order valence-corrected chi connectivity index (χ0v) is 15.7. The number of H-pyrrole nitrogens is 1. The number of fused-ring (bicyclic) bond motifs is 2. The molecule has 2 N–H and O–H groups in total. The van der Waals surface area contributed by atoms with Gasteiger partial charge in [0.15, 0.2) is 5.03 Å². The molecule has 4 rings (SSSR count). The van der Waals surface area contributed by atoms with Crippen molar-refractivity contribution >= 4 is 31.5 Å². The van der Waals surface area contributed by atoms with E-state index in [9.17, 15) is 8.42 Å². The van der Waals surface area contributed by atoms with Crippen LogP contribution in [0.5, 0.6) is 5.75 Å². The smallest absolute Gasteiger partial charge is 0.224 e. The number of rotatable bonds is 5. The molecule has 0 bridgehead atoms. The third-order valence-electron chi connectivity index (χ3n) is 4.52. The van der Waals surface area contributed by atoms with Crippen molar-refractivity contribution in [3.05, 3.63) is 60.7 Å². The number of hydrogen-bond acceptors (Lipinski definition) is 5. The molecule has 4 aromatic rings. The Morgan fingerprint density at radius 3 is 2.63 bits per heavy atom. The van der Waals surface area contributed by atoms with E-state index in [4.69, 9.17) is 4.74 Å². The number of ether oxygens (including phenoxy) is 1. The lowest BCUT2D eigenvalue weighted by molar-refractivity contribution is 0.194. The summed E-state index contributed by atoms with van der Waals surface area (Å²) in [5, 5.41) is 12.0. The number of nitrogens with zero attached hydrogens (tertiary/aromatic N) is 1. The molecule has 1 atom stereocenters. The third kappa shape index (κ3) is 3.05. The highest BCUT2D eigenvalue weighted by atomic mass is 32.2. The first-order valence-electron chi connectivity index (χ1n) is 8.55. The number of benzene rings is 3. The normalized spacial score (nSPS) is 13.1. The van der Waals surface area contributed by atoms with Crippen molar-refractivity contribution < 1.29 is 13.2 Å². The van der Waals surface area contributed by atoms with Gasteiger partial charge in [0.25, 0.3) is 0 Å². The Hall–Kier alpha value is -2.90. The molecule has 27 heavy (non-hydrogen) atoms. The van der Waals surface area contributed by atoms with Crippen LogP contribution in [0, 0.1) is 0 Å². The number of sulfone groups is 1. The summed E-state index contributed by atoms with van der Waals surface area (Å²) in [6.07, 6.45) is -0.166. The fourth-order valence-electron chi connectivity index (χ4n) is 3.05. The minimum atomic E-state index is -3.76. The van der Waals surface area contributed by atoms with Crippen LogP contribution in [-0.4, -0.2) is 31.9 Å². The van der Waals surface area contributed by atoms with Gasteiger partial charge in [-0.2, -0.15) is 5.10 Å². The number of aromatic amines is 1. The van der Waals surface area contributed by atoms with E-state index in [1.807, 2.05) is 37.3 Å². The van der Waals surface area contributed by atoms with Crippen LogP contribution in [0.4, 0.5) is 0 Å². The molecule has 1 aromatic heterocycles. The first kappa shape index (κ1) is 17.5. The van der Waals surface area contributed by atoms with E-state index in [1.54, 1.807) is 37.4 Å². The van der Waals surface area contributed by atoms with Crippen LogP contribution in [0.2, 0.25) is 0 Å². The summed E-state index contributed by atoms with van der Waals surface area (Å²) in [6.45, 7) is 1.88. The maximum Gasteiger partial charge on any atom is 0.224 e. The van der Waals surface area contributed by atoms with E-state index in [2.05, 4.69) is 15.5 Å². The molecule has 0 saturated carbocycles. The van der Waals surface area contributed by atoms with Crippen LogP contribution in [0.1, 0.15) is 6.92 Å². The maximum atomic E-state index is 13.3. The number of hydrogen-bond donors (Lipinski definition) is 2. The molecule has 0 aliphatic heterocycles. The van der Waals surface area contributed by atoms with Crippen molar-refractivity contribution in [2.45, 2.75) is 23.1 Å². The number of aromatic nitrogens is 2. The topological polar surface area (TPSA) is 84.1 Å². The fraction of sp³-hybridized carbons (Fsp3) is 0.150. The molecule has 0 saturated heterocycles. The molecule has 0 aliphatic rings. The highest BCUT2D eigenvalue weighted by Gasteiger charge is 2.25. The van der Waals surface area contributed by atoms with Crippen LogP contribution in [0.25, 0.3) is 21.7 Å². The quantitative estimate of drug-likeness (QED) is 0.517.